The minimum Gasteiger partial charge on any atom is -0.388 e. The third-order valence-electron chi connectivity index (χ3n) is 4.27. The Balaban J connectivity index is 1.73. The fraction of sp³-hybridized carbons (Fsp3) is 0.556. The first-order chi connectivity index (χ1) is 11.0. The molecule has 1 atom stereocenters. The molecule has 3 rings (SSSR count). The molecule has 0 aliphatic heterocycles. The van der Waals surface area contributed by atoms with Crippen molar-refractivity contribution in [3.8, 4) is 0 Å². The SMILES string of the molecule is Cc1ccc([C@@H](O)CSc2nnc(C(C)C)n2C2CC2)c(C)c1. The summed E-state index contributed by atoms with van der Waals surface area (Å²) in [6.07, 6.45) is 1.95. The van der Waals surface area contributed by atoms with Crippen molar-refractivity contribution in [2.24, 2.45) is 0 Å². The normalized spacial score (nSPS) is 16.1. The number of aromatic nitrogens is 3. The predicted octanol–water partition coefficient (Wildman–Crippen LogP) is 4.18. The van der Waals surface area contributed by atoms with E-state index in [0.717, 1.165) is 22.1 Å². The van der Waals surface area contributed by atoms with Crippen LogP contribution in [0.15, 0.2) is 23.4 Å². The first-order valence-electron chi connectivity index (χ1n) is 8.30. The predicted molar refractivity (Wildman–Crippen MR) is 94.0 cm³/mol. The maximum absolute atomic E-state index is 10.5. The van der Waals surface area contributed by atoms with Crippen LogP contribution in [0.5, 0.6) is 0 Å². The van der Waals surface area contributed by atoms with Crippen molar-refractivity contribution in [2.75, 3.05) is 5.75 Å². The van der Waals surface area contributed by atoms with Gasteiger partial charge in [0.15, 0.2) is 5.16 Å². The Morgan fingerprint density at radius 3 is 2.61 bits per heavy atom. The molecule has 1 fully saturated rings. The van der Waals surface area contributed by atoms with E-state index in [9.17, 15) is 5.11 Å². The molecule has 0 bridgehead atoms. The first kappa shape index (κ1) is 16.5. The van der Waals surface area contributed by atoms with Gasteiger partial charge in [-0.15, -0.1) is 10.2 Å². The van der Waals surface area contributed by atoms with E-state index in [1.807, 2.05) is 6.07 Å². The largest absolute Gasteiger partial charge is 0.388 e. The zero-order valence-electron chi connectivity index (χ0n) is 14.3. The number of rotatable bonds is 6. The van der Waals surface area contributed by atoms with Gasteiger partial charge in [-0.05, 0) is 37.8 Å². The highest BCUT2D eigenvalue weighted by Crippen LogP contribution is 2.40. The summed E-state index contributed by atoms with van der Waals surface area (Å²) in [5.41, 5.74) is 3.37. The summed E-state index contributed by atoms with van der Waals surface area (Å²) in [4.78, 5) is 0. The number of nitrogens with zero attached hydrogens (tertiary/aromatic N) is 3. The van der Waals surface area contributed by atoms with Gasteiger partial charge in [-0.25, -0.2) is 0 Å². The zero-order valence-corrected chi connectivity index (χ0v) is 15.1. The van der Waals surface area contributed by atoms with E-state index >= 15 is 0 Å². The lowest BCUT2D eigenvalue weighted by Crippen LogP contribution is -2.07. The monoisotopic (exact) mass is 331 g/mol. The van der Waals surface area contributed by atoms with Crippen LogP contribution in [-0.2, 0) is 0 Å². The summed E-state index contributed by atoms with van der Waals surface area (Å²) < 4.78 is 2.28. The molecule has 0 spiro atoms. The molecule has 1 saturated carbocycles. The van der Waals surface area contributed by atoms with Gasteiger partial charge in [0.05, 0.1) is 6.10 Å². The topological polar surface area (TPSA) is 50.9 Å². The summed E-state index contributed by atoms with van der Waals surface area (Å²) in [5, 5.41) is 20.2. The number of aliphatic hydroxyl groups excluding tert-OH is 1. The Morgan fingerprint density at radius 2 is 2.00 bits per heavy atom. The second-order valence-electron chi connectivity index (χ2n) is 6.78. The summed E-state index contributed by atoms with van der Waals surface area (Å²) in [7, 11) is 0. The number of hydrogen-bond acceptors (Lipinski definition) is 4. The van der Waals surface area contributed by atoms with Crippen molar-refractivity contribution in [1.29, 1.82) is 0 Å². The van der Waals surface area contributed by atoms with E-state index in [1.165, 1.54) is 18.4 Å². The molecule has 5 heteroatoms. The van der Waals surface area contributed by atoms with E-state index in [4.69, 9.17) is 0 Å². The third-order valence-corrected chi connectivity index (χ3v) is 5.29. The lowest BCUT2D eigenvalue weighted by Gasteiger charge is -2.15. The maximum Gasteiger partial charge on any atom is 0.191 e. The minimum absolute atomic E-state index is 0.377. The van der Waals surface area contributed by atoms with Crippen LogP contribution < -0.4 is 0 Å². The Kier molecular flexibility index (Phi) is 4.78. The summed E-state index contributed by atoms with van der Waals surface area (Å²) in [5.74, 6) is 2.05. The second-order valence-corrected chi connectivity index (χ2v) is 7.77. The summed E-state index contributed by atoms with van der Waals surface area (Å²) in [6.45, 7) is 8.44. The molecule has 0 saturated heterocycles. The number of aliphatic hydroxyl groups is 1. The Bertz CT molecular complexity index is 692. The van der Waals surface area contributed by atoms with Gasteiger partial charge in [-0.2, -0.15) is 0 Å². The van der Waals surface area contributed by atoms with Crippen LogP contribution in [0.4, 0.5) is 0 Å². The number of benzene rings is 1. The average molecular weight is 331 g/mol. The van der Waals surface area contributed by atoms with Crippen LogP contribution in [0.25, 0.3) is 0 Å². The van der Waals surface area contributed by atoms with Gasteiger partial charge in [-0.3, -0.25) is 0 Å². The molecule has 124 valence electrons. The van der Waals surface area contributed by atoms with Crippen molar-refractivity contribution in [3.63, 3.8) is 0 Å². The highest BCUT2D eigenvalue weighted by Gasteiger charge is 2.30. The van der Waals surface area contributed by atoms with Crippen molar-refractivity contribution >= 4 is 11.8 Å². The van der Waals surface area contributed by atoms with Crippen LogP contribution in [0.1, 0.15) is 67.3 Å². The van der Waals surface area contributed by atoms with Gasteiger partial charge in [0, 0.05) is 17.7 Å². The fourth-order valence-corrected chi connectivity index (χ4v) is 3.87. The van der Waals surface area contributed by atoms with Gasteiger partial charge in [0.1, 0.15) is 5.82 Å². The molecule has 2 aromatic rings. The summed E-state index contributed by atoms with van der Waals surface area (Å²) in [6, 6.07) is 6.76. The second kappa shape index (κ2) is 6.65. The fourth-order valence-electron chi connectivity index (χ4n) is 2.90. The molecule has 1 aliphatic rings. The van der Waals surface area contributed by atoms with Crippen LogP contribution in [0.3, 0.4) is 0 Å². The Hall–Kier alpha value is -1.33. The molecule has 1 N–H and O–H groups in total. The van der Waals surface area contributed by atoms with E-state index in [1.54, 1.807) is 11.8 Å². The molecule has 1 heterocycles. The zero-order chi connectivity index (χ0) is 16.6. The highest BCUT2D eigenvalue weighted by atomic mass is 32.2. The average Bonchev–Trinajstić information content (AvgIpc) is 3.24. The molecule has 0 radical (unpaired) electrons. The van der Waals surface area contributed by atoms with Gasteiger partial charge in [0.25, 0.3) is 0 Å². The van der Waals surface area contributed by atoms with Gasteiger partial charge in [-0.1, -0.05) is 49.4 Å². The third kappa shape index (κ3) is 3.61. The summed E-state index contributed by atoms with van der Waals surface area (Å²) >= 11 is 1.61. The molecule has 4 nitrogen and oxygen atoms in total. The van der Waals surface area contributed by atoms with Crippen molar-refractivity contribution in [1.82, 2.24) is 14.8 Å². The Labute approximate surface area is 142 Å². The highest BCUT2D eigenvalue weighted by molar-refractivity contribution is 7.99. The van der Waals surface area contributed by atoms with Gasteiger partial charge >= 0.3 is 0 Å². The molecule has 0 unspecified atom stereocenters. The van der Waals surface area contributed by atoms with Gasteiger partial charge in [0.2, 0.25) is 0 Å². The molecule has 1 aromatic carbocycles. The lowest BCUT2D eigenvalue weighted by atomic mass is 10.0. The lowest BCUT2D eigenvalue weighted by molar-refractivity contribution is 0.203. The number of thioether (sulfide) groups is 1. The van der Waals surface area contributed by atoms with Crippen LogP contribution in [0.2, 0.25) is 0 Å². The standard InChI is InChI=1S/C18H25N3OS/c1-11(2)17-19-20-18(21(17)14-6-7-14)23-10-16(22)15-8-5-12(3)9-13(15)4/h5,8-9,11,14,16,22H,6-7,10H2,1-4H3/t16-/m0/s1. The molecular formula is C18H25N3OS. The molecule has 1 aromatic heterocycles. The molecular weight excluding hydrogens is 306 g/mol. The van der Waals surface area contributed by atoms with Crippen molar-refractivity contribution < 1.29 is 5.11 Å². The maximum atomic E-state index is 10.5. The quantitative estimate of drug-likeness (QED) is 0.807. The number of aryl methyl sites for hydroxylation is 2. The first-order valence-corrected chi connectivity index (χ1v) is 9.28. The van der Waals surface area contributed by atoms with E-state index < -0.39 is 6.10 Å². The van der Waals surface area contributed by atoms with E-state index in [-0.39, 0.29) is 0 Å². The molecule has 0 amide bonds. The van der Waals surface area contributed by atoms with Crippen molar-refractivity contribution in [2.45, 2.75) is 63.8 Å². The number of hydrogen-bond donors (Lipinski definition) is 1. The van der Waals surface area contributed by atoms with Gasteiger partial charge < -0.3 is 9.67 Å². The van der Waals surface area contributed by atoms with Crippen LogP contribution in [0, 0.1) is 13.8 Å². The van der Waals surface area contributed by atoms with Crippen LogP contribution >= 0.6 is 11.8 Å². The molecule has 23 heavy (non-hydrogen) atoms. The van der Waals surface area contributed by atoms with E-state index in [2.05, 4.69) is 54.6 Å². The van der Waals surface area contributed by atoms with Crippen LogP contribution in [-0.4, -0.2) is 25.6 Å². The van der Waals surface area contributed by atoms with Crippen molar-refractivity contribution in [3.05, 3.63) is 40.7 Å². The van der Waals surface area contributed by atoms with E-state index in [0.29, 0.717) is 17.7 Å². The Morgan fingerprint density at radius 1 is 1.26 bits per heavy atom. The smallest absolute Gasteiger partial charge is 0.191 e. The molecule has 1 aliphatic carbocycles. The minimum atomic E-state index is -0.479.